The summed E-state index contributed by atoms with van der Waals surface area (Å²) in [7, 11) is 3.25. The molecule has 2 aromatic carbocycles. The van der Waals surface area contributed by atoms with Crippen LogP contribution in [0, 0.1) is 5.82 Å². The average molecular weight is 446 g/mol. The van der Waals surface area contributed by atoms with Gasteiger partial charge in [0.25, 0.3) is 5.91 Å². The van der Waals surface area contributed by atoms with Crippen molar-refractivity contribution in [2.45, 2.75) is 38.8 Å². The summed E-state index contributed by atoms with van der Waals surface area (Å²) in [4.78, 5) is 41.0. The van der Waals surface area contributed by atoms with Gasteiger partial charge in [0.2, 0.25) is 11.8 Å². The van der Waals surface area contributed by atoms with Crippen LogP contribution in [0.25, 0.3) is 0 Å². The number of carbonyl (C=O) groups excluding carboxylic acids is 3. The maximum absolute atomic E-state index is 13.8. The van der Waals surface area contributed by atoms with Gasteiger partial charge in [0.05, 0.1) is 10.6 Å². The van der Waals surface area contributed by atoms with Gasteiger partial charge in [0.1, 0.15) is 11.9 Å². The number of likely N-dealkylation sites (N-methyl/N-ethyl adjacent to an activating group) is 1. The van der Waals surface area contributed by atoms with Crippen molar-refractivity contribution >= 4 is 35.0 Å². The number of fused-ring (bicyclic) bond motifs is 1. The van der Waals surface area contributed by atoms with E-state index >= 15 is 0 Å². The molecule has 1 N–H and O–H groups in total. The summed E-state index contributed by atoms with van der Waals surface area (Å²) in [6.07, 6.45) is 1.47. The van der Waals surface area contributed by atoms with Crippen LogP contribution in [0.3, 0.4) is 0 Å². The molecule has 31 heavy (non-hydrogen) atoms. The van der Waals surface area contributed by atoms with Crippen LogP contribution in [0.4, 0.5) is 10.1 Å². The number of hydrogen-bond acceptors (Lipinski definition) is 3. The Morgan fingerprint density at radius 1 is 1.16 bits per heavy atom. The molecule has 0 saturated heterocycles. The molecule has 164 valence electrons. The monoisotopic (exact) mass is 445 g/mol. The van der Waals surface area contributed by atoms with Crippen molar-refractivity contribution in [1.82, 2.24) is 9.80 Å². The molecule has 3 amide bonds. The predicted octanol–water partition coefficient (Wildman–Crippen LogP) is 3.87. The second-order valence-corrected chi connectivity index (χ2v) is 8.20. The SMILES string of the molecule is CCCC(=O)Nc1ccc2c(c1)CN(C(=O)c1cc(F)ccc1Cl)[C@@H](C(=O)N(C)C)C2. The summed E-state index contributed by atoms with van der Waals surface area (Å²) in [5, 5.41) is 2.97. The van der Waals surface area contributed by atoms with Crippen LogP contribution in [-0.2, 0) is 22.6 Å². The highest BCUT2D eigenvalue weighted by Gasteiger charge is 2.36. The van der Waals surface area contributed by atoms with Crippen LogP contribution in [0.1, 0.15) is 41.3 Å². The second kappa shape index (κ2) is 9.47. The van der Waals surface area contributed by atoms with E-state index in [1.807, 2.05) is 19.1 Å². The Hall–Kier alpha value is -2.93. The van der Waals surface area contributed by atoms with Crippen LogP contribution in [0.5, 0.6) is 0 Å². The fraction of sp³-hybridized carbons (Fsp3) is 0.348. The normalized spacial score (nSPS) is 15.3. The second-order valence-electron chi connectivity index (χ2n) is 7.79. The van der Waals surface area contributed by atoms with Crippen LogP contribution >= 0.6 is 11.6 Å². The molecule has 0 spiro atoms. The number of halogens is 2. The van der Waals surface area contributed by atoms with Crippen molar-refractivity contribution in [2.75, 3.05) is 19.4 Å². The Labute approximate surface area is 186 Å². The Bertz CT molecular complexity index is 1030. The summed E-state index contributed by atoms with van der Waals surface area (Å²) in [6, 6.07) is 8.32. The van der Waals surface area contributed by atoms with E-state index in [2.05, 4.69) is 5.32 Å². The van der Waals surface area contributed by atoms with Gasteiger partial charge in [0.15, 0.2) is 0 Å². The predicted molar refractivity (Wildman–Crippen MR) is 117 cm³/mol. The number of nitrogens with zero attached hydrogens (tertiary/aromatic N) is 2. The van der Waals surface area contributed by atoms with E-state index in [0.29, 0.717) is 18.5 Å². The van der Waals surface area contributed by atoms with Gasteiger partial charge in [-0.3, -0.25) is 14.4 Å². The average Bonchev–Trinajstić information content (AvgIpc) is 2.73. The van der Waals surface area contributed by atoms with Gasteiger partial charge in [-0.1, -0.05) is 24.6 Å². The molecule has 8 heteroatoms. The molecular formula is C23H25ClFN3O3. The minimum absolute atomic E-state index is 0.00840. The van der Waals surface area contributed by atoms with Gasteiger partial charge < -0.3 is 15.1 Å². The van der Waals surface area contributed by atoms with E-state index < -0.39 is 17.8 Å². The molecule has 0 saturated carbocycles. The summed E-state index contributed by atoms with van der Waals surface area (Å²) >= 11 is 6.16. The maximum atomic E-state index is 13.8. The minimum Gasteiger partial charge on any atom is -0.347 e. The first kappa shape index (κ1) is 22.7. The number of amides is 3. The number of anilines is 1. The fourth-order valence-electron chi connectivity index (χ4n) is 3.66. The van der Waals surface area contributed by atoms with Gasteiger partial charge in [0, 0.05) is 39.2 Å². The first-order chi connectivity index (χ1) is 14.7. The molecule has 0 fully saturated rings. The van der Waals surface area contributed by atoms with Gasteiger partial charge in [-0.05, 0) is 47.9 Å². The molecule has 1 atom stereocenters. The van der Waals surface area contributed by atoms with Gasteiger partial charge in [-0.2, -0.15) is 0 Å². The topological polar surface area (TPSA) is 69.7 Å². The zero-order valence-corrected chi connectivity index (χ0v) is 18.5. The van der Waals surface area contributed by atoms with Crippen LogP contribution in [0.15, 0.2) is 36.4 Å². The summed E-state index contributed by atoms with van der Waals surface area (Å²) in [6.45, 7) is 2.07. The number of rotatable bonds is 5. The third kappa shape index (κ3) is 5.05. The van der Waals surface area contributed by atoms with Crippen molar-refractivity contribution in [3.8, 4) is 0 Å². The van der Waals surface area contributed by atoms with Crippen LogP contribution in [0.2, 0.25) is 5.02 Å². The fourth-order valence-corrected chi connectivity index (χ4v) is 3.86. The molecule has 0 unspecified atom stereocenters. The van der Waals surface area contributed by atoms with E-state index in [-0.39, 0.29) is 28.9 Å². The molecule has 1 aliphatic heterocycles. The number of carbonyl (C=O) groups is 3. The van der Waals surface area contributed by atoms with Crippen LogP contribution < -0.4 is 5.32 Å². The highest BCUT2D eigenvalue weighted by Crippen LogP contribution is 2.30. The molecular weight excluding hydrogens is 421 g/mol. The molecule has 3 rings (SSSR count). The molecule has 1 aliphatic rings. The van der Waals surface area contributed by atoms with Crippen molar-refractivity contribution in [3.63, 3.8) is 0 Å². The number of hydrogen-bond donors (Lipinski definition) is 1. The largest absolute Gasteiger partial charge is 0.347 e. The molecule has 6 nitrogen and oxygen atoms in total. The third-order valence-corrected chi connectivity index (χ3v) is 5.57. The molecule has 0 radical (unpaired) electrons. The molecule has 0 bridgehead atoms. The molecule has 2 aromatic rings. The zero-order valence-electron chi connectivity index (χ0n) is 17.7. The van der Waals surface area contributed by atoms with Crippen molar-refractivity contribution in [3.05, 3.63) is 63.9 Å². The highest BCUT2D eigenvalue weighted by atomic mass is 35.5. The zero-order chi connectivity index (χ0) is 22.7. The van der Waals surface area contributed by atoms with E-state index in [9.17, 15) is 18.8 Å². The van der Waals surface area contributed by atoms with Gasteiger partial charge in [-0.25, -0.2) is 4.39 Å². The Morgan fingerprint density at radius 3 is 2.58 bits per heavy atom. The van der Waals surface area contributed by atoms with Crippen molar-refractivity contribution < 1.29 is 18.8 Å². The van der Waals surface area contributed by atoms with E-state index in [1.165, 1.54) is 21.9 Å². The van der Waals surface area contributed by atoms with Crippen molar-refractivity contribution in [2.24, 2.45) is 0 Å². The quantitative estimate of drug-likeness (QED) is 0.759. The summed E-state index contributed by atoms with van der Waals surface area (Å²) < 4.78 is 13.8. The summed E-state index contributed by atoms with van der Waals surface area (Å²) in [5.41, 5.74) is 2.38. The first-order valence-electron chi connectivity index (χ1n) is 10.1. The summed E-state index contributed by atoms with van der Waals surface area (Å²) in [5.74, 6) is -1.41. The van der Waals surface area contributed by atoms with E-state index in [1.54, 1.807) is 20.2 Å². The standard InChI is InChI=1S/C23H25ClFN3O3/c1-4-5-21(29)26-17-8-6-14-11-20(23(31)27(2)3)28(13-15(14)10-17)22(30)18-12-16(25)7-9-19(18)24/h6-10,12,20H,4-5,11,13H2,1-3H3,(H,26,29)/t20-/m1/s1. The lowest BCUT2D eigenvalue weighted by Gasteiger charge is -2.37. The smallest absolute Gasteiger partial charge is 0.256 e. The Morgan fingerprint density at radius 2 is 1.90 bits per heavy atom. The van der Waals surface area contributed by atoms with Crippen molar-refractivity contribution in [1.29, 1.82) is 0 Å². The van der Waals surface area contributed by atoms with Gasteiger partial charge in [-0.15, -0.1) is 0 Å². The lowest BCUT2D eigenvalue weighted by atomic mass is 9.92. The van der Waals surface area contributed by atoms with E-state index in [0.717, 1.165) is 23.6 Å². The van der Waals surface area contributed by atoms with Crippen LogP contribution in [-0.4, -0.2) is 47.7 Å². The number of benzene rings is 2. The molecule has 0 aromatic heterocycles. The third-order valence-electron chi connectivity index (χ3n) is 5.24. The minimum atomic E-state index is -0.741. The first-order valence-corrected chi connectivity index (χ1v) is 10.5. The molecule has 0 aliphatic carbocycles. The highest BCUT2D eigenvalue weighted by molar-refractivity contribution is 6.33. The van der Waals surface area contributed by atoms with E-state index in [4.69, 9.17) is 11.6 Å². The lowest BCUT2D eigenvalue weighted by molar-refractivity contribution is -0.134. The lowest BCUT2D eigenvalue weighted by Crippen LogP contribution is -2.52. The maximum Gasteiger partial charge on any atom is 0.256 e. The Kier molecular flexibility index (Phi) is 6.95. The number of nitrogens with one attached hydrogen (secondary N) is 1. The van der Waals surface area contributed by atoms with Gasteiger partial charge >= 0.3 is 0 Å². The Balaban J connectivity index is 1.97. The molecule has 1 heterocycles.